The van der Waals surface area contributed by atoms with E-state index in [1.165, 1.54) is 25.4 Å². The Morgan fingerprint density at radius 3 is 2.68 bits per heavy atom. The SMILES string of the molecule is CNC=C(C#N)C(=O)Cc1cccc(C(F)(F)F)c1. The number of rotatable bonds is 4. The number of hydrogen-bond donors (Lipinski definition) is 1. The number of carbonyl (C=O) groups excluding carboxylic acids is 1. The van der Waals surface area contributed by atoms with Crippen LogP contribution in [0, 0.1) is 11.3 Å². The normalized spacial score (nSPS) is 11.8. The summed E-state index contributed by atoms with van der Waals surface area (Å²) in [6.45, 7) is 0. The van der Waals surface area contributed by atoms with Crippen LogP contribution in [0.2, 0.25) is 0 Å². The molecule has 1 aromatic carbocycles. The Morgan fingerprint density at radius 2 is 2.16 bits per heavy atom. The molecule has 1 N–H and O–H groups in total. The molecule has 0 aliphatic rings. The molecule has 0 heterocycles. The number of ketones is 1. The molecule has 0 bridgehead atoms. The number of hydrogen-bond acceptors (Lipinski definition) is 3. The third-order valence-corrected chi connectivity index (χ3v) is 2.33. The number of nitriles is 1. The molecule has 0 aliphatic heterocycles. The lowest BCUT2D eigenvalue weighted by atomic mass is 10.0. The molecule has 19 heavy (non-hydrogen) atoms. The smallest absolute Gasteiger partial charge is 0.393 e. The fourth-order valence-corrected chi connectivity index (χ4v) is 1.46. The fourth-order valence-electron chi connectivity index (χ4n) is 1.46. The van der Waals surface area contributed by atoms with Gasteiger partial charge in [0.05, 0.1) is 5.56 Å². The Balaban J connectivity index is 2.93. The van der Waals surface area contributed by atoms with Crippen molar-refractivity contribution in [3.8, 4) is 6.07 Å². The van der Waals surface area contributed by atoms with Crippen molar-refractivity contribution in [3.63, 3.8) is 0 Å². The van der Waals surface area contributed by atoms with Crippen LogP contribution in [-0.4, -0.2) is 12.8 Å². The van der Waals surface area contributed by atoms with E-state index in [4.69, 9.17) is 5.26 Å². The highest BCUT2D eigenvalue weighted by atomic mass is 19.4. The molecule has 0 fully saturated rings. The van der Waals surface area contributed by atoms with Gasteiger partial charge in [-0.1, -0.05) is 18.2 Å². The topological polar surface area (TPSA) is 52.9 Å². The minimum absolute atomic E-state index is 0.125. The van der Waals surface area contributed by atoms with Crippen LogP contribution in [0.1, 0.15) is 11.1 Å². The van der Waals surface area contributed by atoms with Crippen LogP contribution in [0.25, 0.3) is 0 Å². The van der Waals surface area contributed by atoms with Gasteiger partial charge in [0, 0.05) is 19.7 Å². The number of carbonyl (C=O) groups is 1. The quantitative estimate of drug-likeness (QED) is 0.674. The molecule has 0 saturated carbocycles. The van der Waals surface area contributed by atoms with Gasteiger partial charge in [-0.25, -0.2) is 0 Å². The molecule has 3 nitrogen and oxygen atoms in total. The van der Waals surface area contributed by atoms with Crippen LogP contribution in [0.15, 0.2) is 36.0 Å². The first kappa shape index (κ1) is 14.8. The predicted octanol–water partition coefficient (Wildman–Crippen LogP) is 2.44. The maximum absolute atomic E-state index is 12.5. The Hall–Kier alpha value is -2.29. The van der Waals surface area contributed by atoms with E-state index >= 15 is 0 Å². The lowest BCUT2D eigenvalue weighted by molar-refractivity contribution is -0.137. The average Bonchev–Trinajstić information content (AvgIpc) is 2.35. The highest BCUT2D eigenvalue weighted by molar-refractivity contribution is 6.00. The third-order valence-electron chi connectivity index (χ3n) is 2.33. The molecule has 0 aliphatic carbocycles. The van der Waals surface area contributed by atoms with Gasteiger partial charge in [0.25, 0.3) is 0 Å². The average molecular weight is 268 g/mol. The van der Waals surface area contributed by atoms with Gasteiger partial charge < -0.3 is 5.32 Å². The molecule has 0 saturated heterocycles. The second-order valence-corrected chi connectivity index (χ2v) is 3.76. The number of halogens is 3. The summed E-state index contributed by atoms with van der Waals surface area (Å²) in [6.07, 6.45) is -3.47. The maximum atomic E-state index is 12.5. The fraction of sp³-hybridized carbons (Fsp3) is 0.231. The molecule has 0 spiro atoms. The second kappa shape index (κ2) is 6.05. The molecule has 100 valence electrons. The molecule has 6 heteroatoms. The van der Waals surface area contributed by atoms with Gasteiger partial charge in [-0.2, -0.15) is 18.4 Å². The van der Waals surface area contributed by atoms with Crippen LogP contribution in [0.5, 0.6) is 0 Å². The number of nitrogens with one attached hydrogen (secondary N) is 1. The number of allylic oxidation sites excluding steroid dienone is 1. The minimum atomic E-state index is -4.45. The minimum Gasteiger partial charge on any atom is -0.393 e. The zero-order chi connectivity index (χ0) is 14.5. The highest BCUT2D eigenvalue weighted by Gasteiger charge is 2.30. The number of Topliss-reactive ketones (excluding diaryl/α,β-unsaturated/α-hetero) is 1. The summed E-state index contributed by atoms with van der Waals surface area (Å²) < 4.78 is 37.5. The van der Waals surface area contributed by atoms with E-state index in [-0.39, 0.29) is 17.6 Å². The first-order valence-corrected chi connectivity index (χ1v) is 5.35. The van der Waals surface area contributed by atoms with Gasteiger partial charge in [-0.15, -0.1) is 0 Å². The standard InChI is InChI=1S/C13H11F3N2O/c1-18-8-10(7-17)12(19)6-9-3-2-4-11(5-9)13(14,15)16/h2-5,8,18H,6H2,1H3. The first-order valence-electron chi connectivity index (χ1n) is 5.35. The van der Waals surface area contributed by atoms with E-state index in [1.54, 1.807) is 6.07 Å². The predicted molar refractivity (Wildman–Crippen MR) is 62.9 cm³/mol. The Bertz CT molecular complexity index is 542. The van der Waals surface area contributed by atoms with Crippen molar-refractivity contribution in [2.24, 2.45) is 0 Å². The zero-order valence-corrected chi connectivity index (χ0v) is 10.1. The van der Waals surface area contributed by atoms with E-state index in [0.29, 0.717) is 0 Å². The Labute approximate surface area is 108 Å². The summed E-state index contributed by atoms with van der Waals surface area (Å²) in [6, 6.07) is 6.19. The summed E-state index contributed by atoms with van der Waals surface area (Å²) in [5.74, 6) is -0.531. The van der Waals surface area contributed by atoms with Crippen LogP contribution >= 0.6 is 0 Å². The summed E-state index contributed by atoms with van der Waals surface area (Å²) in [5.41, 5.74) is -0.717. The monoisotopic (exact) mass is 268 g/mol. The second-order valence-electron chi connectivity index (χ2n) is 3.76. The van der Waals surface area contributed by atoms with Gasteiger partial charge in [0.15, 0.2) is 5.78 Å². The third kappa shape index (κ3) is 4.14. The van der Waals surface area contributed by atoms with Gasteiger partial charge >= 0.3 is 6.18 Å². The van der Waals surface area contributed by atoms with Crippen molar-refractivity contribution in [2.75, 3.05) is 7.05 Å². The van der Waals surface area contributed by atoms with E-state index in [0.717, 1.165) is 12.1 Å². The molecular formula is C13H11F3N2O. The van der Waals surface area contributed by atoms with Gasteiger partial charge in [0.1, 0.15) is 11.6 Å². The van der Waals surface area contributed by atoms with Crippen molar-refractivity contribution in [1.29, 1.82) is 5.26 Å². The lowest BCUT2D eigenvalue weighted by Crippen LogP contribution is -2.10. The number of benzene rings is 1. The van der Waals surface area contributed by atoms with Crippen molar-refractivity contribution in [2.45, 2.75) is 12.6 Å². The van der Waals surface area contributed by atoms with E-state index in [9.17, 15) is 18.0 Å². The molecular weight excluding hydrogens is 257 g/mol. The van der Waals surface area contributed by atoms with E-state index in [1.807, 2.05) is 0 Å². The van der Waals surface area contributed by atoms with Crippen molar-refractivity contribution < 1.29 is 18.0 Å². The molecule has 0 radical (unpaired) electrons. The van der Waals surface area contributed by atoms with Crippen molar-refractivity contribution >= 4 is 5.78 Å². The van der Waals surface area contributed by atoms with Crippen LogP contribution in [-0.2, 0) is 17.4 Å². The van der Waals surface area contributed by atoms with Crippen LogP contribution in [0.4, 0.5) is 13.2 Å². The van der Waals surface area contributed by atoms with Gasteiger partial charge in [0.2, 0.25) is 0 Å². The molecule has 0 amide bonds. The van der Waals surface area contributed by atoms with Crippen LogP contribution in [0.3, 0.4) is 0 Å². The largest absolute Gasteiger partial charge is 0.416 e. The Kier molecular flexibility index (Phi) is 4.70. The molecule has 0 unspecified atom stereocenters. The van der Waals surface area contributed by atoms with E-state index < -0.39 is 17.5 Å². The van der Waals surface area contributed by atoms with E-state index in [2.05, 4.69) is 5.32 Å². The van der Waals surface area contributed by atoms with Crippen molar-refractivity contribution in [3.05, 3.63) is 47.2 Å². The molecule has 0 atom stereocenters. The van der Waals surface area contributed by atoms with Crippen LogP contribution < -0.4 is 5.32 Å². The maximum Gasteiger partial charge on any atom is 0.416 e. The summed E-state index contributed by atoms with van der Waals surface area (Å²) >= 11 is 0. The highest BCUT2D eigenvalue weighted by Crippen LogP contribution is 2.29. The number of nitrogens with zero attached hydrogens (tertiary/aromatic N) is 1. The molecule has 0 aromatic heterocycles. The van der Waals surface area contributed by atoms with Gasteiger partial charge in [-0.3, -0.25) is 4.79 Å². The summed E-state index contributed by atoms with van der Waals surface area (Å²) in [7, 11) is 1.52. The summed E-state index contributed by atoms with van der Waals surface area (Å²) in [5, 5.41) is 11.3. The summed E-state index contributed by atoms with van der Waals surface area (Å²) in [4.78, 5) is 11.7. The van der Waals surface area contributed by atoms with Crippen molar-refractivity contribution in [1.82, 2.24) is 5.32 Å². The first-order chi connectivity index (χ1) is 8.88. The zero-order valence-electron chi connectivity index (χ0n) is 10.1. The molecule has 1 aromatic rings. The Morgan fingerprint density at radius 1 is 1.47 bits per heavy atom. The lowest BCUT2D eigenvalue weighted by Gasteiger charge is -2.08. The number of alkyl halides is 3. The van der Waals surface area contributed by atoms with Gasteiger partial charge in [-0.05, 0) is 11.6 Å². The molecule has 1 rings (SSSR count).